The number of para-hydroxylation sites is 1. The molecule has 1 aromatic rings. The van der Waals surface area contributed by atoms with E-state index in [2.05, 4.69) is 24.1 Å². The average molecular weight is 277 g/mol. The Bertz CT molecular complexity index is 488. The first kappa shape index (κ1) is 14.7. The van der Waals surface area contributed by atoms with E-state index >= 15 is 0 Å². The van der Waals surface area contributed by atoms with Crippen LogP contribution in [0.2, 0.25) is 0 Å². The van der Waals surface area contributed by atoms with Crippen molar-refractivity contribution in [2.24, 2.45) is 5.92 Å². The number of nitrogens with zero attached hydrogens (tertiary/aromatic N) is 1. The fourth-order valence-corrected chi connectivity index (χ4v) is 2.66. The summed E-state index contributed by atoms with van der Waals surface area (Å²) in [5.74, 6) is -0.400. The molecular weight excluding hydrogens is 254 g/mol. The molecule has 0 aliphatic carbocycles. The van der Waals surface area contributed by atoms with E-state index in [1.165, 1.54) is 12.5 Å². The number of nitrogen functional groups attached to an aromatic ring is 1. The van der Waals surface area contributed by atoms with Gasteiger partial charge in [0, 0.05) is 19.1 Å². The summed E-state index contributed by atoms with van der Waals surface area (Å²) in [6.45, 7) is 7.47. The molecule has 1 fully saturated rings. The van der Waals surface area contributed by atoms with Crippen LogP contribution in [0.4, 0.5) is 11.4 Å². The minimum absolute atomic E-state index is 0.158. The predicted octanol–water partition coefficient (Wildman–Crippen LogP) is 2.11. The van der Waals surface area contributed by atoms with Gasteiger partial charge in [-0.2, -0.15) is 0 Å². The Labute approximate surface area is 119 Å². The Morgan fingerprint density at radius 2 is 2.30 bits per heavy atom. The summed E-state index contributed by atoms with van der Waals surface area (Å²) in [4.78, 5) is 13.5. The van der Waals surface area contributed by atoms with E-state index in [1.54, 1.807) is 6.07 Å². The predicted molar refractivity (Wildman–Crippen MR) is 81.1 cm³/mol. The van der Waals surface area contributed by atoms with Gasteiger partial charge < -0.3 is 21.1 Å². The summed E-state index contributed by atoms with van der Waals surface area (Å²) < 4.78 is 0. The zero-order valence-electron chi connectivity index (χ0n) is 12.1. The molecule has 0 spiro atoms. The van der Waals surface area contributed by atoms with Crippen LogP contribution in [0, 0.1) is 5.92 Å². The first-order chi connectivity index (χ1) is 9.49. The van der Waals surface area contributed by atoms with Crippen molar-refractivity contribution in [3.05, 3.63) is 23.8 Å². The van der Waals surface area contributed by atoms with Crippen LogP contribution in [0.5, 0.6) is 0 Å². The van der Waals surface area contributed by atoms with Gasteiger partial charge in [0.25, 0.3) is 0 Å². The summed E-state index contributed by atoms with van der Waals surface area (Å²) in [6, 6.07) is 5.66. The van der Waals surface area contributed by atoms with E-state index in [-0.39, 0.29) is 5.56 Å². The molecule has 0 saturated carbocycles. The van der Waals surface area contributed by atoms with Gasteiger partial charge in [0.05, 0.1) is 16.9 Å². The zero-order valence-corrected chi connectivity index (χ0v) is 12.1. The molecule has 5 heteroatoms. The molecule has 4 N–H and O–H groups in total. The number of carboxylic acids is 1. The first-order valence-corrected chi connectivity index (χ1v) is 7.08. The number of benzene rings is 1. The monoisotopic (exact) mass is 277 g/mol. The van der Waals surface area contributed by atoms with Crippen LogP contribution >= 0.6 is 0 Å². The molecule has 1 aliphatic heterocycles. The molecular formula is C15H23N3O2. The third kappa shape index (κ3) is 3.22. The maximum absolute atomic E-state index is 11.0. The lowest BCUT2D eigenvalue weighted by molar-refractivity contribution is 0.0698. The molecule has 110 valence electrons. The number of hydrogen-bond acceptors (Lipinski definition) is 4. The molecule has 0 amide bonds. The third-order valence-corrected chi connectivity index (χ3v) is 3.97. The van der Waals surface area contributed by atoms with E-state index in [0.717, 1.165) is 19.6 Å². The quantitative estimate of drug-likeness (QED) is 0.718. The number of nitrogens with two attached hydrogens (primary N) is 1. The molecule has 1 atom stereocenters. The molecule has 20 heavy (non-hydrogen) atoms. The SMILES string of the molecule is CC(C)N1CCC(CNc2cccc(C(=O)O)c2N)C1. The number of hydrogen-bond donors (Lipinski definition) is 3. The molecule has 2 rings (SSSR count). The summed E-state index contributed by atoms with van der Waals surface area (Å²) in [6.07, 6.45) is 1.17. The fourth-order valence-electron chi connectivity index (χ4n) is 2.66. The van der Waals surface area contributed by atoms with Crippen molar-refractivity contribution in [2.45, 2.75) is 26.3 Å². The molecule has 1 aromatic carbocycles. The van der Waals surface area contributed by atoms with Crippen molar-refractivity contribution in [3.63, 3.8) is 0 Å². The Morgan fingerprint density at radius 1 is 1.55 bits per heavy atom. The Balaban J connectivity index is 1.95. The summed E-state index contributed by atoms with van der Waals surface area (Å²) in [7, 11) is 0. The largest absolute Gasteiger partial charge is 0.478 e. The molecule has 0 radical (unpaired) electrons. The third-order valence-electron chi connectivity index (χ3n) is 3.97. The Kier molecular flexibility index (Phi) is 4.49. The minimum Gasteiger partial charge on any atom is -0.478 e. The Morgan fingerprint density at radius 3 is 2.90 bits per heavy atom. The van der Waals surface area contributed by atoms with E-state index in [1.807, 2.05) is 6.07 Å². The Hall–Kier alpha value is -1.75. The van der Waals surface area contributed by atoms with E-state index < -0.39 is 5.97 Å². The molecule has 0 aromatic heterocycles. The highest BCUT2D eigenvalue weighted by atomic mass is 16.4. The highest BCUT2D eigenvalue weighted by molar-refractivity contribution is 5.97. The second-order valence-electron chi connectivity index (χ2n) is 5.70. The van der Waals surface area contributed by atoms with Crippen molar-refractivity contribution >= 4 is 17.3 Å². The highest BCUT2D eigenvalue weighted by Crippen LogP contribution is 2.24. The second kappa shape index (κ2) is 6.13. The number of anilines is 2. The maximum atomic E-state index is 11.0. The normalized spacial score (nSPS) is 19.4. The first-order valence-electron chi connectivity index (χ1n) is 7.08. The molecule has 1 unspecified atom stereocenters. The average Bonchev–Trinajstić information content (AvgIpc) is 2.86. The number of aromatic carboxylic acids is 1. The van der Waals surface area contributed by atoms with Gasteiger partial charge in [-0.1, -0.05) is 6.07 Å². The van der Waals surface area contributed by atoms with Crippen molar-refractivity contribution in [1.82, 2.24) is 4.90 Å². The smallest absolute Gasteiger partial charge is 0.337 e. The highest BCUT2D eigenvalue weighted by Gasteiger charge is 2.24. The number of nitrogens with one attached hydrogen (secondary N) is 1. The summed E-state index contributed by atoms with van der Waals surface area (Å²) >= 11 is 0. The second-order valence-corrected chi connectivity index (χ2v) is 5.70. The van der Waals surface area contributed by atoms with Gasteiger partial charge in [-0.05, 0) is 44.9 Å². The van der Waals surface area contributed by atoms with Crippen molar-refractivity contribution in [3.8, 4) is 0 Å². The van der Waals surface area contributed by atoms with Crippen LogP contribution in [0.25, 0.3) is 0 Å². The van der Waals surface area contributed by atoms with Crippen molar-refractivity contribution in [1.29, 1.82) is 0 Å². The maximum Gasteiger partial charge on any atom is 0.337 e. The van der Waals surface area contributed by atoms with Crippen molar-refractivity contribution < 1.29 is 9.90 Å². The standard InChI is InChI=1S/C15H23N3O2/c1-10(2)18-7-6-11(9-18)8-17-13-5-3-4-12(14(13)16)15(19)20/h3-5,10-11,17H,6-9,16H2,1-2H3,(H,19,20). The van der Waals surface area contributed by atoms with Crippen LogP contribution in [-0.2, 0) is 0 Å². The lowest BCUT2D eigenvalue weighted by Gasteiger charge is -2.20. The van der Waals surface area contributed by atoms with Crippen LogP contribution in [0.3, 0.4) is 0 Å². The van der Waals surface area contributed by atoms with Gasteiger partial charge in [-0.3, -0.25) is 0 Å². The fraction of sp³-hybridized carbons (Fsp3) is 0.533. The lowest BCUT2D eigenvalue weighted by atomic mass is 10.1. The number of rotatable bonds is 5. The summed E-state index contributed by atoms with van der Waals surface area (Å²) in [5, 5.41) is 12.3. The van der Waals surface area contributed by atoms with Crippen LogP contribution < -0.4 is 11.1 Å². The van der Waals surface area contributed by atoms with Gasteiger partial charge in [0.1, 0.15) is 0 Å². The summed E-state index contributed by atoms with van der Waals surface area (Å²) in [5.41, 5.74) is 7.08. The van der Waals surface area contributed by atoms with Gasteiger partial charge in [-0.25, -0.2) is 4.79 Å². The minimum atomic E-state index is -0.988. The lowest BCUT2D eigenvalue weighted by Crippen LogP contribution is -2.29. The topological polar surface area (TPSA) is 78.6 Å². The number of likely N-dealkylation sites (tertiary alicyclic amines) is 1. The molecule has 1 heterocycles. The van der Waals surface area contributed by atoms with Crippen LogP contribution in [-0.4, -0.2) is 41.7 Å². The molecule has 5 nitrogen and oxygen atoms in total. The number of carboxylic acid groups (broad SMARTS) is 1. The van der Waals surface area contributed by atoms with Gasteiger partial charge in [0.15, 0.2) is 0 Å². The van der Waals surface area contributed by atoms with E-state index in [9.17, 15) is 4.79 Å². The molecule has 1 aliphatic rings. The molecule has 1 saturated heterocycles. The van der Waals surface area contributed by atoms with Crippen LogP contribution in [0.1, 0.15) is 30.6 Å². The van der Waals surface area contributed by atoms with E-state index in [4.69, 9.17) is 10.8 Å². The number of carbonyl (C=O) groups is 1. The zero-order chi connectivity index (χ0) is 14.7. The van der Waals surface area contributed by atoms with Crippen molar-refractivity contribution in [2.75, 3.05) is 30.7 Å². The van der Waals surface area contributed by atoms with Crippen LogP contribution in [0.15, 0.2) is 18.2 Å². The van der Waals surface area contributed by atoms with Gasteiger partial charge in [0.2, 0.25) is 0 Å². The van der Waals surface area contributed by atoms with Gasteiger partial charge >= 0.3 is 5.97 Å². The van der Waals surface area contributed by atoms with E-state index in [0.29, 0.717) is 23.3 Å². The van der Waals surface area contributed by atoms with Gasteiger partial charge in [-0.15, -0.1) is 0 Å². The molecule has 0 bridgehead atoms.